The molecule has 3 aromatic rings. The van der Waals surface area contributed by atoms with E-state index in [1.54, 1.807) is 0 Å². The summed E-state index contributed by atoms with van der Waals surface area (Å²) in [5.41, 5.74) is 6.27. The average molecular weight is 514 g/mol. The lowest BCUT2D eigenvalue weighted by molar-refractivity contribution is 0.198. The molecule has 7 nitrogen and oxygen atoms in total. The van der Waals surface area contributed by atoms with E-state index in [0.717, 1.165) is 55.4 Å². The lowest BCUT2D eigenvalue weighted by Crippen LogP contribution is -2.51. The molecule has 1 saturated heterocycles. The maximum Gasteiger partial charge on any atom is 0.229 e. The number of aryl methyl sites for hydroxylation is 4. The second kappa shape index (κ2) is 12.6. The summed E-state index contributed by atoms with van der Waals surface area (Å²) in [5, 5.41) is 7.04. The number of aliphatic imine (C=N–C) groups is 1. The fourth-order valence-corrected chi connectivity index (χ4v) is 4.41. The first-order chi connectivity index (χ1) is 17.9. The molecule has 1 aliphatic heterocycles. The first-order valence-corrected chi connectivity index (χ1v) is 13.0. The van der Waals surface area contributed by atoms with Crippen LogP contribution in [-0.4, -0.2) is 63.6 Å². The largest absolute Gasteiger partial charge is 0.340 e. The first-order valence-electron chi connectivity index (χ1n) is 12.6. The normalized spacial score (nSPS) is 14.7. The molecule has 1 fully saturated rings. The molecular weight excluding hydrogens is 478 g/mol. The summed E-state index contributed by atoms with van der Waals surface area (Å²) in [7, 11) is 0. The minimum absolute atomic E-state index is 0.397. The van der Waals surface area contributed by atoms with E-state index in [2.05, 4.69) is 98.9 Å². The Balaban J connectivity index is 1.46. The smallest absolute Gasteiger partial charge is 0.229 e. The van der Waals surface area contributed by atoms with Crippen molar-refractivity contribution in [2.24, 2.45) is 4.99 Å². The molecule has 0 saturated carbocycles. The minimum atomic E-state index is 0.397. The fraction of sp³-hybridized carbons (Fsp3) is 0.310. The molecule has 2 aromatic carbocycles. The Morgan fingerprint density at radius 2 is 1.62 bits per heavy atom. The number of hydrogen-bond acceptors (Lipinski definition) is 4. The highest BCUT2D eigenvalue weighted by molar-refractivity contribution is 7.80. The van der Waals surface area contributed by atoms with Crippen LogP contribution in [0.25, 0.3) is 6.08 Å². The molecule has 0 unspecified atom stereocenters. The highest BCUT2D eigenvalue weighted by Crippen LogP contribution is 2.17. The van der Waals surface area contributed by atoms with Crippen molar-refractivity contribution in [1.29, 1.82) is 0 Å². The Morgan fingerprint density at radius 3 is 2.32 bits per heavy atom. The van der Waals surface area contributed by atoms with Gasteiger partial charge in [-0.15, -0.1) is 0 Å². The number of guanidine groups is 1. The Labute approximate surface area is 225 Å². The van der Waals surface area contributed by atoms with Gasteiger partial charge in [0.05, 0.1) is 0 Å². The Kier molecular flexibility index (Phi) is 8.98. The quantitative estimate of drug-likeness (QED) is 0.276. The maximum atomic E-state index is 5.65. The van der Waals surface area contributed by atoms with Crippen LogP contribution in [0, 0.1) is 27.7 Å². The van der Waals surface area contributed by atoms with Gasteiger partial charge in [0.25, 0.3) is 0 Å². The van der Waals surface area contributed by atoms with Crippen LogP contribution in [0.15, 0.2) is 65.7 Å². The van der Waals surface area contributed by atoms with Crippen LogP contribution >= 0.6 is 12.2 Å². The third kappa shape index (κ3) is 7.93. The molecule has 1 aromatic heterocycles. The van der Waals surface area contributed by atoms with Gasteiger partial charge in [0.15, 0.2) is 0 Å². The molecule has 0 atom stereocenters. The van der Waals surface area contributed by atoms with Gasteiger partial charge in [-0.1, -0.05) is 54.6 Å². The SMILES string of the molecule is Cc1ccc(C)c(NC(=S)/N=C(/Nc2nc(C)cc(C)n2)N2CCN(C/C=C/c3ccccc3)CC2)c1. The van der Waals surface area contributed by atoms with Crippen molar-refractivity contribution in [3.8, 4) is 0 Å². The van der Waals surface area contributed by atoms with Crippen molar-refractivity contribution in [1.82, 2.24) is 19.8 Å². The highest BCUT2D eigenvalue weighted by Gasteiger charge is 2.21. The van der Waals surface area contributed by atoms with Gasteiger partial charge in [0.1, 0.15) is 0 Å². The van der Waals surface area contributed by atoms with Gasteiger partial charge in [-0.3, -0.25) is 10.2 Å². The predicted octanol–water partition coefficient (Wildman–Crippen LogP) is 5.21. The van der Waals surface area contributed by atoms with Gasteiger partial charge in [-0.25, -0.2) is 9.97 Å². The summed E-state index contributed by atoms with van der Waals surface area (Å²) in [5.74, 6) is 1.19. The molecule has 4 rings (SSSR count). The molecular formula is C29H35N7S. The molecule has 0 bridgehead atoms. The standard InChI is InChI=1S/C29H35N7S/c1-21-12-13-22(2)26(19-21)32-29(37)34-28(33-27-30-23(3)20-24(4)31-27)36-17-15-35(16-18-36)14-8-11-25-9-6-5-7-10-25/h5-13,19-20H,14-18H2,1-4H3,(H2,30,31,32,33,34,37)/b11-8+. The van der Waals surface area contributed by atoms with Crippen LogP contribution in [0.2, 0.25) is 0 Å². The topological polar surface area (TPSA) is 68.7 Å². The van der Waals surface area contributed by atoms with Crippen molar-refractivity contribution in [3.05, 3.63) is 88.8 Å². The number of nitrogens with zero attached hydrogens (tertiary/aromatic N) is 5. The Morgan fingerprint density at radius 1 is 0.919 bits per heavy atom. The van der Waals surface area contributed by atoms with Crippen LogP contribution in [0.1, 0.15) is 28.1 Å². The van der Waals surface area contributed by atoms with Gasteiger partial charge >= 0.3 is 0 Å². The number of thiocarbonyl (C=S) groups is 1. The molecule has 0 aliphatic carbocycles. The zero-order valence-corrected chi connectivity index (χ0v) is 22.8. The summed E-state index contributed by atoms with van der Waals surface area (Å²) in [4.78, 5) is 18.6. The average Bonchev–Trinajstić information content (AvgIpc) is 2.86. The lowest BCUT2D eigenvalue weighted by Gasteiger charge is -2.35. The van der Waals surface area contributed by atoms with Gasteiger partial charge in [-0.05, 0) is 68.7 Å². The monoisotopic (exact) mass is 513 g/mol. The van der Waals surface area contributed by atoms with Gasteiger partial charge in [-0.2, -0.15) is 4.99 Å². The van der Waals surface area contributed by atoms with Crippen molar-refractivity contribution < 1.29 is 0 Å². The highest BCUT2D eigenvalue weighted by atomic mass is 32.1. The summed E-state index contributed by atoms with van der Waals surface area (Å²) in [6, 6.07) is 18.6. The van der Waals surface area contributed by atoms with Gasteiger partial charge in [0, 0.05) is 49.8 Å². The number of anilines is 2. The molecule has 2 N–H and O–H groups in total. The zero-order valence-electron chi connectivity index (χ0n) is 22.0. The number of aromatic nitrogens is 2. The van der Waals surface area contributed by atoms with Crippen LogP contribution in [-0.2, 0) is 0 Å². The molecule has 0 amide bonds. The van der Waals surface area contributed by atoms with E-state index in [-0.39, 0.29) is 0 Å². The summed E-state index contributed by atoms with van der Waals surface area (Å²) >= 11 is 5.65. The van der Waals surface area contributed by atoms with Crippen molar-refractivity contribution in [2.75, 3.05) is 43.4 Å². The molecule has 2 heterocycles. The summed E-state index contributed by atoms with van der Waals surface area (Å²) < 4.78 is 0. The second-order valence-electron chi connectivity index (χ2n) is 9.38. The van der Waals surface area contributed by atoms with Crippen molar-refractivity contribution >= 4 is 41.0 Å². The van der Waals surface area contributed by atoms with Crippen LogP contribution in [0.5, 0.6) is 0 Å². The van der Waals surface area contributed by atoms with Crippen LogP contribution in [0.3, 0.4) is 0 Å². The number of benzene rings is 2. The third-order valence-electron chi connectivity index (χ3n) is 6.19. The third-order valence-corrected chi connectivity index (χ3v) is 6.39. The number of nitrogens with one attached hydrogen (secondary N) is 2. The maximum absolute atomic E-state index is 5.65. The number of hydrogen-bond donors (Lipinski definition) is 2. The van der Waals surface area contributed by atoms with E-state index in [4.69, 9.17) is 17.2 Å². The van der Waals surface area contributed by atoms with E-state index in [1.165, 1.54) is 11.1 Å². The van der Waals surface area contributed by atoms with E-state index >= 15 is 0 Å². The van der Waals surface area contributed by atoms with Crippen molar-refractivity contribution in [3.63, 3.8) is 0 Å². The Bertz CT molecular complexity index is 1260. The number of rotatable bonds is 5. The summed E-state index contributed by atoms with van der Waals surface area (Å²) in [6.07, 6.45) is 4.40. The molecule has 0 radical (unpaired) electrons. The molecule has 1 aliphatic rings. The second-order valence-corrected chi connectivity index (χ2v) is 9.77. The van der Waals surface area contributed by atoms with E-state index < -0.39 is 0 Å². The minimum Gasteiger partial charge on any atom is -0.340 e. The molecule has 8 heteroatoms. The van der Waals surface area contributed by atoms with E-state index in [9.17, 15) is 0 Å². The lowest BCUT2D eigenvalue weighted by atomic mass is 10.1. The fourth-order valence-electron chi connectivity index (χ4n) is 4.21. The molecule has 0 spiro atoms. The van der Waals surface area contributed by atoms with Crippen LogP contribution < -0.4 is 10.6 Å². The molecule has 37 heavy (non-hydrogen) atoms. The predicted molar refractivity (Wildman–Crippen MR) is 158 cm³/mol. The van der Waals surface area contributed by atoms with Crippen molar-refractivity contribution in [2.45, 2.75) is 27.7 Å². The zero-order chi connectivity index (χ0) is 26.2. The Hall–Kier alpha value is -3.62. The van der Waals surface area contributed by atoms with Gasteiger partial charge in [0.2, 0.25) is 17.0 Å². The van der Waals surface area contributed by atoms with E-state index in [1.807, 2.05) is 26.0 Å². The summed E-state index contributed by atoms with van der Waals surface area (Å²) in [6.45, 7) is 12.4. The van der Waals surface area contributed by atoms with Crippen LogP contribution in [0.4, 0.5) is 11.6 Å². The first kappa shape index (κ1) is 26.4. The molecule has 192 valence electrons. The number of piperazine rings is 1. The van der Waals surface area contributed by atoms with E-state index in [0.29, 0.717) is 17.0 Å². The van der Waals surface area contributed by atoms with Gasteiger partial charge < -0.3 is 10.2 Å².